The highest BCUT2D eigenvalue weighted by atomic mass is 35.5. The van der Waals surface area contributed by atoms with Crippen molar-refractivity contribution >= 4 is 11.6 Å². The lowest BCUT2D eigenvalue weighted by Crippen LogP contribution is -2.28. The molecule has 0 aromatic carbocycles. The Labute approximate surface area is 98.8 Å². The molecule has 0 bridgehead atoms. The smallest absolute Gasteiger partial charge is 0.250 e. The minimum Gasteiger partial charge on any atom is -0.472 e. The molecule has 0 radical (unpaired) electrons. The van der Waals surface area contributed by atoms with Crippen LogP contribution in [0.1, 0.15) is 19.3 Å². The summed E-state index contributed by atoms with van der Waals surface area (Å²) in [6, 6.07) is 1.20. The lowest BCUT2D eigenvalue weighted by Gasteiger charge is -2.19. The Hall–Kier alpha value is -0.870. The third-order valence-electron chi connectivity index (χ3n) is 2.93. The van der Waals surface area contributed by atoms with E-state index in [0.29, 0.717) is 12.5 Å². The summed E-state index contributed by atoms with van der Waals surface area (Å²) in [6.07, 6.45) is 4.38. The number of nitrogens with two attached hydrogens (primary N) is 1. The summed E-state index contributed by atoms with van der Waals surface area (Å²) in [5.74, 6) is -0.193. The van der Waals surface area contributed by atoms with Gasteiger partial charge < -0.3 is 10.5 Å². The Bertz CT molecular complexity index is 375. The van der Waals surface area contributed by atoms with Crippen LogP contribution < -0.4 is 10.5 Å². The predicted octanol–water partition coefficient (Wildman–Crippen LogP) is 2.38. The van der Waals surface area contributed by atoms with Crippen LogP contribution in [0.3, 0.4) is 0 Å². The van der Waals surface area contributed by atoms with Gasteiger partial charge in [0.25, 0.3) is 5.88 Å². The molecule has 2 atom stereocenters. The van der Waals surface area contributed by atoms with E-state index < -0.39 is 5.82 Å². The second-order valence-electron chi connectivity index (χ2n) is 4.02. The zero-order valence-electron chi connectivity index (χ0n) is 8.83. The van der Waals surface area contributed by atoms with E-state index >= 15 is 0 Å². The Balaban J connectivity index is 2.08. The van der Waals surface area contributed by atoms with Gasteiger partial charge in [0.15, 0.2) is 5.82 Å². The molecule has 2 N–H and O–H groups in total. The van der Waals surface area contributed by atoms with Gasteiger partial charge in [-0.2, -0.15) is 0 Å². The molecule has 1 aromatic heterocycles. The van der Waals surface area contributed by atoms with Gasteiger partial charge in [0.05, 0.1) is 5.02 Å². The van der Waals surface area contributed by atoms with Crippen molar-refractivity contribution in [3.8, 4) is 5.88 Å². The summed E-state index contributed by atoms with van der Waals surface area (Å²) in [4.78, 5) is 3.84. The summed E-state index contributed by atoms with van der Waals surface area (Å²) in [6.45, 7) is 0.569. The molecule has 0 aliphatic heterocycles. The number of aromatic nitrogens is 1. The zero-order chi connectivity index (χ0) is 11.5. The molecule has 1 aliphatic carbocycles. The van der Waals surface area contributed by atoms with E-state index in [4.69, 9.17) is 22.1 Å². The highest BCUT2D eigenvalue weighted by Crippen LogP contribution is 2.29. The van der Waals surface area contributed by atoms with Crippen molar-refractivity contribution in [2.45, 2.75) is 25.4 Å². The van der Waals surface area contributed by atoms with Crippen molar-refractivity contribution in [2.75, 3.05) is 6.54 Å². The van der Waals surface area contributed by atoms with Crippen molar-refractivity contribution in [1.29, 1.82) is 0 Å². The lowest BCUT2D eigenvalue weighted by atomic mass is 10.1. The number of hydrogen-bond acceptors (Lipinski definition) is 3. The van der Waals surface area contributed by atoms with E-state index in [1.165, 1.54) is 12.3 Å². The quantitative estimate of drug-likeness (QED) is 0.888. The second kappa shape index (κ2) is 4.97. The summed E-state index contributed by atoms with van der Waals surface area (Å²) in [5.41, 5.74) is 5.62. The van der Waals surface area contributed by atoms with Gasteiger partial charge in [0.1, 0.15) is 6.10 Å². The standard InChI is InChI=1S/C11H14ClFN2O/c12-8-4-9(13)11(15-6-8)16-10-3-1-2-7(10)5-14/h4,6-7,10H,1-3,5,14H2. The van der Waals surface area contributed by atoms with Gasteiger partial charge in [-0.25, -0.2) is 9.37 Å². The number of ether oxygens (including phenoxy) is 1. The van der Waals surface area contributed by atoms with Gasteiger partial charge in [0, 0.05) is 12.1 Å². The van der Waals surface area contributed by atoms with E-state index in [0.717, 1.165) is 19.3 Å². The monoisotopic (exact) mass is 244 g/mol. The summed E-state index contributed by atoms with van der Waals surface area (Å²) < 4.78 is 19.0. The van der Waals surface area contributed by atoms with Crippen molar-refractivity contribution in [3.05, 3.63) is 23.1 Å². The second-order valence-corrected chi connectivity index (χ2v) is 4.46. The molecule has 16 heavy (non-hydrogen) atoms. The molecular formula is C11H14ClFN2O. The maximum absolute atomic E-state index is 13.4. The molecule has 1 heterocycles. The predicted molar refractivity (Wildman–Crippen MR) is 60.0 cm³/mol. The van der Waals surface area contributed by atoms with E-state index in [2.05, 4.69) is 4.98 Å². The van der Waals surface area contributed by atoms with Crippen LogP contribution in [0.4, 0.5) is 4.39 Å². The minimum atomic E-state index is -0.518. The number of nitrogens with zero attached hydrogens (tertiary/aromatic N) is 1. The minimum absolute atomic E-state index is 0.0202. The molecule has 1 fully saturated rings. The van der Waals surface area contributed by atoms with Crippen molar-refractivity contribution < 1.29 is 9.13 Å². The SMILES string of the molecule is NCC1CCCC1Oc1ncc(Cl)cc1F. The Morgan fingerprint density at radius 2 is 2.38 bits per heavy atom. The highest BCUT2D eigenvalue weighted by Gasteiger charge is 2.28. The molecule has 3 nitrogen and oxygen atoms in total. The Morgan fingerprint density at radius 1 is 1.56 bits per heavy atom. The molecule has 0 saturated heterocycles. The number of rotatable bonds is 3. The fourth-order valence-corrected chi connectivity index (χ4v) is 2.20. The maximum atomic E-state index is 13.4. The molecule has 2 unspecified atom stereocenters. The molecule has 0 spiro atoms. The lowest BCUT2D eigenvalue weighted by molar-refractivity contribution is 0.148. The van der Waals surface area contributed by atoms with Gasteiger partial charge in [-0.3, -0.25) is 0 Å². The fourth-order valence-electron chi connectivity index (χ4n) is 2.06. The average molecular weight is 245 g/mol. The van der Waals surface area contributed by atoms with Crippen molar-refractivity contribution in [2.24, 2.45) is 11.7 Å². The first-order valence-corrected chi connectivity index (χ1v) is 5.76. The average Bonchev–Trinajstić information content (AvgIpc) is 2.69. The number of hydrogen-bond donors (Lipinski definition) is 1. The Morgan fingerprint density at radius 3 is 3.06 bits per heavy atom. The van der Waals surface area contributed by atoms with Crippen LogP contribution >= 0.6 is 11.6 Å². The van der Waals surface area contributed by atoms with E-state index in [1.807, 2.05) is 0 Å². The Kier molecular flexibility index (Phi) is 3.61. The molecule has 0 amide bonds. The topological polar surface area (TPSA) is 48.1 Å². The van der Waals surface area contributed by atoms with Gasteiger partial charge >= 0.3 is 0 Å². The molecule has 2 rings (SSSR count). The number of pyridine rings is 1. The van der Waals surface area contributed by atoms with Crippen LogP contribution in [-0.4, -0.2) is 17.6 Å². The summed E-state index contributed by atoms with van der Waals surface area (Å²) in [5, 5.41) is 0.270. The van der Waals surface area contributed by atoms with E-state index in [1.54, 1.807) is 0 Å². The van der Waals surface area contributed by atoms with E-state index in [9.17, 15) is 4.39 Å². The van der Waals surface area contributed by atoms with Gasteiger partial charge in [0.2, 0.25) is 0 Å². The maximum Gasteiger partial charge on any atom is 0.250 e. The van der Waals surface area contributed by atoms with Crippen molar-refractivity contribution in [3.63, 3.8) is 0 Å². The van der Waals surface area contributed by atoms with Crippen LogP contribution in [0.25, 0.3) is 0 Å². The van der Waals surface area contributed by atoms with Crippen LogP contribution in [-0.2, 0) is 0 Å². The van der Waals surface area contributed by atoms with Crippen LogP contribution in [0.2, 0.25) is 5.02 Å². The summed E-state index contributed by atoms with van der Waals surface area (Å²) >= 11 is 5.61. The third kappa shape index (κ3) is 2.44. The van der Waals surface area contributed by atoms with Crippen LogP contribution in [0.5, 0.6) is 5.88 Å². The first kappa shape index (κ1) is 11.6. The normalized spacial score (nSPS) is 24.7. The molecule has 88 valence electrons. The highest BCUT2D eigenvalue weighted by molar-refractivity contribution is 6.30. The molecule has 1 aliphatic rings. The first-order chi connectivity index (χ1) is 7.70. The van der Waals surface area contributed by atoms with E-state index in [-0.39, 0.29) is 17.0 Å². The van der Waals surface area contributed by atoms with Gasteiger partial charge in [-0.1, -0.05) is 11.6 Å². The van der Waals surface area contributed by atoms with Gasteiger partial charge in [-0.05, 0) is 31.9 Å². The summed E-state index contributed by atoms with van der Waals surface area (Å²) in [7, 11) is 0. The zero-order valence-corrected chi connectivity index (χ0v) is 9.58. The number of halogens is 2. The molecular weight excluding hydrogens is 231 g/mol. The molecule has 1 aromatic rings. The van der Waals surface area contributed by atoms with Crippen LogP contribution in [0.15, 0.2) is 12.3 Å². The third-order valence-corrected chi connectivity index (χ3v) is 3.14. The first-order valence-electron chi connectivity index (χ1n) is 5.38. The van der Waals surface area contributed by atoms with Gasteiger partial charge in [-0.15, -0.1) is 0 Å². The molecule has 1 saturated carbocycles. The largest absolute Gasteiger partial charge is 0.472 e. The van der Waals surface area contributed by atoms with Crippen LogP contribution in [0, 0.1) is 11.7 Å². The van der Waals surface area contributed by atoms with Crippen molar-refractivity contribution in [1.82, 2.24) is 4.98 Å². The molecule has 5 heteroatoms. The fraction of sp³-hybridized carbons (Fsp3) is 0.545.